The first-order chi connectivity index (χ1) is 18.6. The van der Waals surface area contributed by atoms with Gasteiger partial charge in [0.1, 0.15) is 0 Å². The third-order valence-corrected chi connectivity index (χ3v) is 4.81. The predicted molar refractivity (Wildman–Crippen MR) is 166 cm³/mol. The van der Waals surface area contributed by atoms with Crippen molar-refractivity contribution in [1.29, 1.82) is 0 Å². The number of aliphatic imine (C=N–C) groups is 1. The Morgan fingerprint density at radius 2 is 1.34 bits per heavy atom. The smallest absolute Gasteiger partial charge is 0.0758 e. The summed E-state index contributed by atoms with van der Waals surface area (Å²) in [5, 5.41) is 4.14. The van der Waals surface area contributed by atoms with Gasteiger partial charge in [-0.3, -0.25) is 9.98 Å². The van der Waals surface area contributed by atoms with Gasteiger partial charge in [0.05, 0.1) is 28.8 Å². The summed E-state index contributed by atoms with van der Waals surface area (Å²) in [6.07, 6.45) is 16.4. The summed E-state index contributed by atoms with van der Waals surface area (Å²) in [5.41, 5.74) is 6.76. The average molecular weight is 523 g/mol. The van der Waals surface area contributed by atoms with Gasteiger partial charge in [0.15, 0.2) is 0 Å². The van der Waals surface area contributed by atoms with E-state index in [0.29, 0.717) is 5.92 Å². The minimum Gasteiger partial charge on any atom is -0.264 e. The molecule has 2 aliphatic heterocycles. The Kier molecular flexibility index (Phi) is 16.9. The molecule has 2 aromatic carbocycles. The molecule has 0 saturated heterocycles. The van der Waals surface area contributed by atoms with Crippen molar-refractivity contribution in [2.45, 2.75) is 46.4 Å². The van der Waals surface area contributed by atoms with Crippen LogP contribution in [0.4, 0.5) is 5.69 Å². The van der Waals surface area contributed by atoms with Gasteiger partial charge in [0.25, 0.3) is 0 Å². The Morgan fingerprint density at radius 3 is 2.00 bits per heavy atom. The summed E-state index contributed by atoms with van der Waals surface area (Å²) in [4.78, 5) is 17.6. The largest absolute Gasteiger partial charge is 0.264 e. The quantitative estimate of drug-likeness (QED) is 0.239. The summed E-state index contributed by atoms with van der Waals surface area (Å²) < 4.78 is 0. The van der Waals surface area contributed by atoms with Crippen molar-refractivity contribution < 1.29 is 0 Å². The molecule has 5 heteroatoms. The third kappa shape index (κ3) is 12.3. The summed E-state index contributed by atoms with van der Waals surface area (Å²) in [5.74, 6) is 0.484. The molecule has 5 rings (SSSR count). The molecular formula is C33H38N4S. The number of thiol groups is 1. The van der Waals surface area contributed by atoms with Crippen LogP contribution in [0.2, 0.25) is 0 Å². The van der Waals surface area contributed by atoms with Gasteiger partial charge in [-0.15, -0.1) is 24.1 Å². The van der Waals surface area contributed by atoms with Gasteiger partial charge >= 0.3 is 0 Å². The van der Waals surface area contributed by atoms with E-state index in [1.165, 1.54) is 0 Å². The average Bonchev–Trinajstić information content (AvgIpc) is 3.36. The molecule has 3 aromatic rings. The molecule has 0 unspecified atom stereocenters. The minimum absolute atomic E-state index is 0.484. The molecule has 38 heavy (non-hydrogen) atoms. The summed E-state index contributed by atoms with van der Waals surface area (Å²) in [7, 11) is 0. The van der Waals surface area contributed by atoms with Crippen LogP contribution in [-0.2, 0) is 0 Å². The number of fused-ring (bicyclic) bond motifs is 2. The van der Waals surface area contributed by atoms with Crippen LogP contribution >= 0.6 is 12.6 Å². The van der Waals surface area contributed by atoms with Gasteiger partial charge in [0.2, 0.25) is 0 Å². The van der Waals surface area contributed by atoms with Gasteiger partial charge in [-0.25, -0.2) is 9.98 Å². The maximum absolute atomic E-state index is 4.30. The number of aromatic nitrogens is 1. The van der Waals surface area contributed by atoms with Crippen LogP contribution in [0.15, 0.2) is 123 Å². The van der Waals surface area contributed by atoms with Crippen LogP contribution in [0, 0.1) is 5.92 Å². The highest BCUT2D eigenvalue weighted by atomic mass is 32.1. The molecule has 3 heterocycles. The van der Waals surface area contributed by atoms with Gasteiger partial charge in [-0.2, -0.15) is 0 Å². The molecule has 0 bridgehead atoms. The zero-order valence-corrected chi connectivity index (χ0v) is 24.1. The number of para-hydroxylation sites is 2. The number of pyridine rings is 1. The normalized spacial score (nSPS) is 11.3. The lowest BCUT2D eigenvalue weighted by Gasteiger charge is -1.98. The van der Waals surface area contributed by atoms with Crippen molar-refractivity contribution in [3.8, 4) is 0 Å². The first kappa shape index (κ1) is 32.0. The molecule has 4 nitrogen and oxygen atoms in total. The number of allylic oxidation sites excluding steroid dienone is 2. The van der Waals surface area contributed by atoms with Crippen molar-refractivity contribution in [1.82, 2.24) is 4.98 Å². The third-order valence-electron chi connectivity index (χ3n) is 4.43. The highest BCUT2D eigenvalue weighted by molar-refractivity contribution is 7.80. The first-order valence-corrected chi connectivity index (χ1v) is 13.3. The monoisotopic (exact) mass is 522 g/mol. The molecule has 2 aliphatic rings. The lowest BCUT2D eigenvalue weighted by atomic mass is 10.2. The van der Waals surface area contributed by atoms with Gasteiger partial charge in [0, 0.05) is 33.9 Å². The number of rotatable bonds is 2. The Morgan fingerprint density at radius 1 is 0.763 bits per heavy atom. The van der Waals surface area contributed by atoms with E-state index >= 15 is 0 Å². The van der Waals surface area contributed by atoms with Crippen LogP contribution in [-0.4, -0.2) is 11.2 Å². The molecule has 0 aliphatic carbocycles. The van der Waals surface area contributed by atoms with Crippen molar-refractivity contribution in [2.75, 3.05) is 0 Å². The SMILES string of the molecule is C1=CC=c2ccccc2=NC=1.C1=CC=c2cnccc2=NC=1.CC.CC.CC(C)C=Nc1ccccc1S. The maximum Gasteiger partial charge on any atom is 0.0758 e. The molecule has 1 aromatic heterocycles. The fourth-order valence-corrected chi connectivity index (χ4v) is 2.99. The highest BCUT2D eigenvalue weighted by Gasteiger charge is 1.93. The number of benzene rings is 2. The molecular weight excluding hydrogens is 484 g/mol. The predicted octanol–water partition coefficient (Wildman–Crippen LogP) is 6.32. The Hall–Kier alpha value is -4.01. The van der Waals surface area contributed by atoms with E-state index in [1.54, 1.807) is 24.8 Å². The maximum atomic E-state index is 4.30. The van der Waals surface area contributed by atoms with E-state index in [1.807, 2.05) is 113 Å². The zero-order valence-electron chi connectivity index (χ0n) is 23.2. The van der Waals surface area contributed by atoms with Gasteiger partial charge in [-0.05, 0) is 54.5 Å². The van der Waals surface area contributed by atoms with E-state index in [9.17, 15) is 0 Å². The number of hydrogen-bond donors (Lipinski definition) is 1. The van der Waals surface area contributed by atoms with E-state index < -0.39 is 0 Å². The van der Waals surface area contributed by atoms with E-state index in [4.69, 9.17) is 0 Å². The lowest BCUT2D eigenvalue weighted by Crippen LogP contribution is -2.23. The fraction of sp³-hybridized carbons (Fsp3) is 0.212. The van der Waals surface area contributed by atoms with Crippen molar-refractivity contribution in [3.05, 3.63) is 124 Å². The van der Waals surface area contributed by atoms with E-state index in [-0.39, 0.29) is 0 Å². The van der Waals surface area contributed by atoms with Gasteiger partial charge in [-0.1, -0.05) is 71.9 Å². The second-order valence-corrected chi connectivity index (χ2v) is 8.00. The van der Waals surface area contributed by atoms with Crippen molar-refractivity contribution in [3.63, 3.8) is 0 Å². The van der Waals surface area contributed by atoms with Crippen molar-refractivity contribution in [2.24, 2.45) is 20.9 Å². The van der Waals surface area contributed by atoms with Crippen LogP contribution in [0.5, 0.6) is 0 Å². The Labute approximate surface area is 232 Å². The van der Waals surface area contributed by atoms with Gasteiger partial charge < -0.3 is 0 Å². The molecule has 0 N–H and O–H groups in total. The molecule has 0 saturated carbocycles. The van der Waals surface area contributed by atoms with Crippen LogP contribution < -0.4 is 21.2 Å². The molecule has 0 amide bonds. The lowest BCUT2D eigenvalue weighted by molar-refractivity contribution is 0.907. The second-order valence-electron chi connectivity index (χ2n) is 7.52. The number of nitrogens with zero attached hydrogens (tertiary/aromatic N) is 4. The molecule has 0 fully saturated rings. The fourth-order valence-electron chi connectivity index (χ4n) is 2.77. The first-order valence-electron chi connectivity index (χ1n) is 12.9. The standard InChI is InChI=1S/C10H13NS.C10H7N.C9H6N2.2C2H6/c1-8(2)7-11-9-5-3-4-6-10(9)12;1-2-7-10-9(5-1)6-3-4-8-11-10;1-2-5-11-9-4-6-10-7-8(9)3-1;2*1-2/h3-8,12H,1-2H3;1-3,5-8H;1,3-7H;2*1-2H3. The summed E-state index contributed by atoms with van der Waals surface area (Å²) >= 11 is 4.29. The van der Waals surface area contributed by atoms with Crippen molar-refractivity contribution >= 4 is 36.7 Å². The molecule has 196 valence electrons. The van der Waals surface area contributed by atoms with Crippen LogP contribution in [0.25, 0.3) is 12.2 Å². The van der Waals surface area contributed by atoms with Crippen LogP contribution in [0.3, 0.4) is 0 Å². The Bertz CT molecular complexity index is 1350. The van der Waals surface area contributed by atoms with E-state index in [2.05, 4.69) is 57.9 Å². The topological polar surface area (TPSA) is 50.0 Å². The summed E-state index contributed by atoms with van der Waals surface area (Å²) in [6, 6.07) is 17.7. The zero-order chi connectivity index (χ0) is 28.0. The van der Waals surface area contributed by atoms with Crippen LogP contribution in [0.1, 0.15) is 41.5 Å². The molecule has 0 atom stereocenters. The second kappa shape index (κ2) is 20.1. The minimum atomic E-state index is 0.484. The summed E-state index contributed by atoms with van der Waals surface area (Å²) in [6.45, 7) is 12.2. The Balaban J connectivity index is 0.000000267. The van der Waals surface area contributed by atoms with E-state index in [0.717, 1.165) is 31.7 Å². The number of hydrogen-bond acceptors (Lipinski definition) is 5. The molecule has 0 radical (unpaired) electrons. The highest BCUT2D eigenvalue weighted by Crippen LogP contribution is 2.21. The molecule has 0 spiro atoms.